The van der Waals surface area contributed by atoms with Crippen LogP contribution in [0.4, 0.5) is 15.9 Å². The fourth-order valence-electron chi connectivity index (χ4n) is 4.78. The van der Waals surface area contributed by atoms with Gasteiger partial charge in [0.2, 0.25) is 0 Å². The SMILES string of the molecule is CN(CCc1nc(-c2cc3c(Nc4ccc(OCc5cccc(F)c5)c(Cl)c4)ncnc3cn2)cs1)CCS(=O)(=O)c1ccccc1. The number of anilines is 2. The maximum atomic E-state index is 13.5. The van der Waals surface area contributed by atoms with E-state index in [1.807, 2.05) is 29.5 Å². The highest BCUT2D eigenvalue weighted by Gasteiger charge is 2.16. The summed E-state index contributed by atoms with van der Waals surface area (Å²) in [7, 11) is -1.42. The molecule has 0 radical (unpaired) electrons. The molecule has 9 nitrogen and oxygen atoms in total. The number of thiazole rings is 1. The van der Waals surface area contributed by atoms with E-state index in [2.05, 4.69) is 20.3 Å². The van der Waals surface area contributed by atoms with Gasteiger partial charge in [-0.2, -0.15) is 0 Å². The molecule has 1 N–H and O–H groups in total. The van der Waals surface area contributed by atoms with Gasteiger partial charge in [-0.3, -0.25) is 4.98 Å². The number of halogens is 2. The second-order valence-electron chi connectivity index (χ2n) is 10.8. The molecule has 6 aromatic rings. The number of benzene rings is 3. The van der Waals surface area contributed by atoms with Crippen molar-refractivity contribution < 1.29 is 17.5 Å². The molecule has 3 aromatic heterocycles. The summed E-state index contributed by atoms with van der Waals surface area (Å²) in [4.78, 5) is 20.5. The Morgan fingerprint density at radius 3 is 2.62 bits per heavy atom. The largest absolute Gasteiger partial charge is 0.487 e. The molecule has 0 bridgehead atoms. The molecule has 0 aliphatic heterocycles. The van der Waals surface area contributed by atoms with Crippen LogP contribution in [0.3, 0.4) is 0 Å². The predicted octanol–water partition coefficient (Wildman–Crippen LogP) is 7.21. The topological polar surface area (TPSA) is 110 Å². The fourth-order valence-corrected chi connectivity index (χ4v) is 7.16. The number of rotatable bonds is 13. The van der Waals surface area contributed by atoms with E-state index < -0.39 is 9.84 Å². The van der Waals surface area contributed by atoms with E-state index in [-0.39, 0.29) is 18.2 Å². The van der Waals surface area contributed by atoms with Gasteiger partial charge in [-0.15, -0.1) is 11.3 Å². The molecule has 0 fully saturated rings. The lowest BCUT2D eigenvalue weighted by Gasteiger charge is -2.15. The number of pyridine rings is 1. The Bertz CT molecular complexity index is 2110. The van der Waals surface area contributed by atoms with Crippen LogP contribution in [-0.4, -0.2) is 59.1 Å². The smallest absolute Gasteiger partial charge is 0.179 e. The number of aromatic nitrogens is 4. The second-order valence-corrected chi connectivity index (χ2v) is 14.3. The number of fused-ring (bicyclic) bond motifs is 1. The molecule has 47 heavy (non-hydrogen) atoms. The number of nitrogens with zero attached hydrogens (tertiary/aromatic N) is 5. The van der Waals surface area contributed by atoms with E-state index >= 15 is 0 Å². The van der Waals surface area contributed by atoms with Crippen molar-refractivity contribution in [1.29, 1.82) is 0 Å². The van der Waals surface area contributed by atoms with Gasteiger partial charge in [0.25, 0.3) is 0 Å². The van der Waals surface area contributed by atoms with Crippen LogP contribution in [0, 0.1) is 5.82 Å². The Balaban J connectivity index is 1.09. The summed E-state index contributed by atoms with van der Waals surface area (Å²) in [6, 6.07) is 21.9. The van der Waals surface area contributed by atoms with Crippen molar-refractivity contribution in [2.24, 2.45) is 0 Å². The van der Waals surface area contributed by atoms with Crippen LogP contribution in [0.5, 0.6) is 5.75 Å². The molecule has 13 heteroatoms. The number of nitrogens with one attached hydrogen (secondary N) is 1. The third-order valence-corrected chi connectivity index (χ3v) is 10.3. The van der Waals surface area contributed by atoms with Crippen LogP contribution in [0.2, 0.25) is 5.02 Å². The van der Waals surface area contributed by atoms with Crippen LogP contribution in [-0.2, 0) is 22.9 Å². The molecule has 0 aliphatic carbocycles. The average molecular weight is 689 g/mol. The summed E-state index contributed by atoms with van der Waals surface area (Å²) in [6.07, 6.45) is 3.83. The molecule has 0 saturated heterocycles. The minimum atomic E-state index is -3.33. The van der Waals surface area contributed by atoms with Crippen molar-refractivity contribution in [3.05, 3.63) is 118 Å². The van der Waals surface area contributed by atoms with Gasteiger partial charge in [0.15, 0.2) is 9.84 Å². The summed E-state index contributed by atoms with van der Waals surface area (Å²) in [5.41, 5.74) is 3.48. The van der Waals surface area contributed by atoms with Crippen LogP contribution in [0.25, 0.3) is 22.3 Å². The van der Waals surface area contributed by atoms with Gasteiger partial charge in [0, 0.05) is 36.0 Å². The number of sulfone groups is 1. The Hall–Kier alpha value is -4.49. The highest BCUT2D eigenvalue weighted by atomic mass is 35.5. The number of hydrogen-bond acceptors (Lipinski definition) is 10. The minimum absolute atomic E-state index is 0.0524. The lowest BCUT2D eigenvalue weighted by atomic mass is 10.2. The maximum Gasteiger partial charge on any atom is 0.179 e. The molecule has 3 aromatic carbocycles. The van der Waals surface area contributed by atoms with Crippen molar-refractivity contribution in [2.75, 3.05) is 31.2 Å². The standard InChI is InChI=1S/C34H30ClFN6O3S2/c1-42(14-15-47(43,44)26-8-3-2-4-9-26)13-12-33-41-31(21-46-33)29-18-27-30(19-37-29)38-22-39-34(27)40-25-10-11-32(28(35)17-25)45-20-23-6-5-7-24(36)16-23/h2-11,16-19,21-22H,12-15,20H2,1H3,(H,38,39,40). The zero-order valence-electron chi connectivity index (χ0n) is 25.3. The molecule has 240 valence electrons. The first-order chi connectivity index (χ1) is 22.7. The van der Waals surface area contributed by atoms with Crippen molar-refractivity contribution in [3.63, 3.8) is 0 Å². The Labute approximate surface area is 281 Å². The fraction of sp³-hybridized carbons (Fsp3) is 0.176. The van der Waals surface area contributed by atoms with Gasteiger partial charge < -0.3 is 15.0 Å². The highest BCUT2D eigenvalue weighted by molar-refractivity contribution is 7.91. The van der Waals surface area contributed by atoms with Crippen LogP contribution < -0.4 is 10.1 Å². The molecule has 0 saturated carbocycles. The normalized spacial score (nSPS) is 11.7. The van der Waals surface area contributed by atoms with E-state index in [1.54, 1.807) is 60.8 Å². The first kappa shape index (κ1) is 32.5. The molecular weight excluding hydrogens is 659 g/mol. The maximum absolute atomic E-state index is 13.5. The second kappa shape index (κ2) is 14.5. The third kappa shape index (κ3) is 8.27. The predicted molar refractivity (Wildman–Crippen MR) is 184 cm³/mol. The van der Waals surface area contributed by atoms with Gasteiger partial charge >= 0.3 is 0 Å². The Kier molecular flexibility index (Phi) is 10.0. The molecule has 0 aliphatic rings. The molecule has 0 unspecified atom stereocenters. The number of hydrogen-bond donors (Lipinski definition) is 1. The quantitative estimate of drug-likeness (QED) is 0.135. The van der Waals surface area contributed by atoms with Crippen LogP contribution in [0.15, 0.2) is 102 Å². The van der Waals surface area contributed by atoms with Gasteiger partial charge in [-0.1, -0.05) is 41.9 Å². The molecule has 3 heterocycles. The average Bonchev–Trinajstić information content (AvgIpc) is 3.56. The van der Waals surface area contributed by atoms with Gasteiger partial charge in [0.05, 0.1) is 43.8 Å². The Morgan fingerprint density at radius 2 is 1.81 bits per heavy atom. The Morgan fingerprint density at radius 1 is 0.957 bits per heavy atom. The van der Waals surface area contributed by atoms with Crippen molar-refractivity contribution in [3.8, 4) is 17.1 Å². The zero-order valence-corrected chi connectivity index (χ0v) is 27.7. The van der Waals surface area contributed by atoms with Crippen LogP contribution in [0.1, 0.15) is 10.6 Å². The van der Waals surface area contributed by atoms with E-state index in [9.17, 15) is 12.8 Å². The number of likely N-dealkylation sites (N-methyl/N-ethyl adjacent to an activating group) is 1. The molecule has 6 rings (SSSR count). The summed E-state index contributed by atoms with van der Waals surface area (Å²) in [6.45, 7) is 1.28. The summed E-state index contributed by atoms with van der Waals surface area (Å²) < 4.78 is 44.5. The molecule has 0 amide bonds. The van der Waals surface area contributed by atoms with E-state index in [4.69, 9.17) is 21.3 Å². The van der Waals surface area contributed by atoms with Gasteiger partial charge in [-0.05, 0) is 61.1 Å². The molecular formula is C34H30ClFN6O3S2. The molecule has 0 atom stereocenters. The van der Waals surface area contributed by atoms with E-state index in [1.165, 1.54) is 29.8 Å². The summed E-state index contributed by atoms with van der Waals surface area (Å²) in [5.74, 6) is 0.780. The highest BCUT2D eigenvalue weighted by Crippen LogP contribution is 2.32. The van der Waals surface area contributed by atoms with Crippen LogP contribution >= 0.6 is 22.9 Å². The van der Waals surface area contributed by atoms with Gasteiger partial charge in [0.1, 0.15) is 30.3 Å². The lowest BCUT2D eigenvalue weighted by Crippen LogP contribution is -2.27. The number of ether oxygens (including phenoxy) is 1. The van der Waals surface area contributed by atoms with Crippen molar-refractivity contribution >= 4 is 55.2 Å². The van der Waals surface area contributed by atoms with Crippen molar-refractivity contribution in [2.45, 2.75) is 17.9 Å². The zero-order chi connectivity index (χ0) is 32.8. The van der Waals surface area contributed by atoms with E-state index in [0.29, 0.717) is 63.5 Å². The molecule has 0 spiro atoms. The van der Waals surface area contributed by atoms with E-state index in [0.717, 1.165) is 16.1 Å². The monoisotopic (exact) mass is 688 g/mol. The van der Waals surface area contributed by atoms with Gasteiger partial charge in [-0.25, -0.2) is 27.8 Å². The summed E-state index contributed by atoms with van der Waals surface area (Å²) >= 11 is 8.05. The summed E-state index contributed by atoms with van der Waals surface area (Å²) in [5, 5.41) is 7.35. The van der Waals surface area contributed by atoms with Crippen molar-refractivity contribution in [1.82, 2.24) is 24.8 Å². The minimum Gasteiger partial charge on any atom is -0.487 e. The first-order valence-corrected chi connectivity index (χ1v) is 17.6. The third-order valence-electron chi connectivity index (χ3n) is 7.37. The lowest BCUT2D eigenvalue weighted by molar-refractivity contribution is 0.306. The first-order valence-electron chi connectivity index (χ1n) is 14.7.